The molecule has 0 fully saturated rings. The lowest BCUT2D eigenvalue weighted by Gasteiger charge is -2.22. The van der Waals surface area contributed by atoms with E-state index in [1.807, 2.05) is 13.8 Å². The molecule has 0 bridgehead atoms. The van der Waals surface area contributed by atoms with Gasteiger partial charge in [0.2, 0.25) is 0 Å². The minimum absolute atomic E-state index is 0.237. The Kier molecular flexibility index (Phi) is 3.37. The molecule has 1 unspecified atom stereocenters. The van der Waals surface area contributed by atoms with Crippen LogP contribution in [0.25, 0.3) is 0 Å². The minimum atomic E-state index is -0.736. The summed E-state index contributed by atoms with van der Waals surface area (Å²) in [5.41, 5.74) is 0.747. The van der Waals surface area contributed by atoms with E-state index in [2.05, 4.69) is 6.58 Å². The molecule has 1 heterocycles. The standard InChI is InChI=1S/C10H16O3/c1-7(2)8(3)10(11)9-6-12-4-5-13-9/h6-7,10-11H,3-5H2,1-2H3. The van der Waals surface area contributed by atoms with Gasteiger partial charge >= 0.3 is 0 Å². The van der Waals surface area contributed by atoms with Crippen molar-refractivity contribution in [1.29, 1.82) is 0 Å². The predicted molar refractivity (Wildman–Crippen MR) is 50.0 cm³/mol. The Bertz CT molecular complexity index is 218. The molecule has 1 rings (SSSR count). The van der Waals surface area contributed by atoms with Crippen LogP contribution in [-0.2, 0) is 9.47 Å². The van der Waals surface area contributed by atoms with Crippen LogP contribution in [0, 0.1) is 5.92 Å². The maximum atomic E-state index is 9.74. The van der Waals surface area contributed by atoms with Gasteiger partial charge in [-0.25, -0.2) is 0 Å². The van der Waals surface area contributed by atoms with E-state index in [0.29, 0.717) is 19.0 Å². The van der Waals surface area contributed by atoms with Crippen LogP contribution in [0.2, 0.25) is 0 Å². The van der Waals surface area contributed by atoms with Crippen LogP contribution in [0.1, 0.15) is 13.8 Å². The molecule has 1 N–H and O–H groups in total. The number of hydrogen-bond acceptors (Lipinski definition) is 3. The molecule has 0 saturated carbocycles. The molecule has 0 aromatic heterocycles. The summed E-state index contributed by atoms with van der Waals surface area (Å²) in [4.78, 5) is 0. The fourth-order valence-corrected chi connectivity index (χ4v) is 1.02. The Hall–Kier alpha value is -0.960. The molecule has 0 saturated heterocycles. The van der Waals surface area contributed by atoms with Gasteiger partial charge in [0.05, 0.1) is 0 Å². The van der Waals surface area contributed by atoms with Crippen molar-refractivity contribution >= 4 is 0 Å². The highest BCUT2D eigenvalue weighted by Crippen LogP contribution is 2.20. The molecule has 0 aromatic carbocycles. The van der Waals surface area contributed by atoms with Gasteiger partial charge in [-0.3, -0.25) is 0 Å². The van der Waals surface area contributed by atoms with Crippen molar-refractivity contribution in [1.82, 2.24) is 0 Å². The second-order valence-corrected chi connectivity index (χ2v) is 3.37. The van der Waals surface area contributed by atoms with Gasteiger partial charge in [0.15, 0.2) is 5.76 Å². The van der Waals surface area contributed by atoms with Crippen LogP contribution < -0.4 is 0 Å². The third-order valence-corrected chi connectivity index (χ3v) is 2.03. The van der Waals surface area contributed by atoms with Gasteiger partial charge in [-0.2, -0.15) is 0 Å². The zero-order valence-corrected chi connectivity index (χ0v) is 8.12. The molecule has 13 heavy (non-hydrogen) atoms. The first-order valence-corrected chi connectivity index (χ1v) is 4.44. The average Bonchev–Trinajstić information content (AvgIpc) is 2.17. The number of aliphatic hydroxyl groups excluding tert-OH is 1. The largest absolute Gasteiger partial charge is 0.494 e. The van der Waals surface area contributed by atoms with E-state index in [9.17, 15) is 5.11 Å². The fraction of sp³-hybridized carbons (Fsp3) is 0.600. The van der Waals surface area contributed by atoms with Crippen molar-refractivity contribution in [2.24, 2.45) is 5.92 Å². The molecular formula is C10H16O3. The molecule has 3 nitrogen and oxygen atoms in total. The fourth-order valence-electron chi connectivity index (χ4n) is 1.02. The second-order valence-electron chi connectivity index (χ2n) is 3.37. The number of hydrogen-bond donors (Lipinski definition) is 1. The molecule has 0 amide bonds. The Balaban J connectivity index is 2.60. The van der Waals surface area contributed by atoms with Gasteiger partial charge in [-0.15, -0.1) is 0 Å². The Morgan fingerprint density at radius 3 is 2.69 bits per heavy atom. The molecule has 1 atom stereocenters. The Morgan fingerprint density at radius 2 is 2.23 bits per heavy atom. The van der Waals surface area contributed by atoms with Crippen LogP contribution in [0.4, 0.5) is 0 Å². The summed E-state index contributed by atoms with van der Waals surface area (Å²) in [6, 6.07) is 0. The van der Waals surface area contributed by atoms with Crippen molar-refractivity contribution in [3.8, 4) is 0 Å². The van der Waals surface area contributed by atoms with Gasteiger partial charge in [-0.05, 0) is 11.5 Å². The van der Waals surface area contributed by atoms with Crippen LogP contribution in [-0.4, -0.2) is 24.4 Å². The molecule has 1 aliphatic heterocycles. The average molecular weight is 184 g/mol. The number of aliphatic hydroxyl groups is 1. The van der Waals surface area contributed by atoms with E-state index < -0.39 is 6.10 Å². The highest BCUT2D eigenvalue weighted by atomic mass is 16.6. The molecule has 3 heteroatoms. The Labute approximate surface area is 78.7 Å². The van der Waals surface area contributed by atoms with E-state index in [-0.39, 0.29) is 5.92 Å². The topological polar surface area (TPSA) is 38.7 Å². The van der Waals surface area contributed by atoms with E-state index in [0.717, 1.165) is 5.57 Å². The smallest absolute Gasteiger partial charge is 0.163 e. The molecule has 1 aliphatic rings. The summed E-state index contributed by atoms with van der Waals surface area (Å²) in [5, 5.41) is 9.74. The number of rotatable bonds is 3. The molecule has 74 valence electrons. The lowest BCUT2D eigenvalue weighted by Crippen LogP contribution is -2.22. The SMILES string of the molecule is C=C(C(C)C)C(O)C1=COCCO1. The lowest BCUT2D eigenvalue weighted by atomic mass is 9.98. The van der Waals surface area contributed by atoms with Crippen LogP contribution >= 0.6 is 0 Å². The van der Waals surface area contributed by atoms with Crippen molar-refractivity contribution in [3.05, 3.63) is 24.2 Å². The van der Waals surface area contributed by atoms with Gasteiger partial charge in [-0.1, -0.05) is 20.4 Å². The maximum absolute atomic E-state index is 9.74. The first-order chi connectivity index (χ1) is 6.13. The Morgan fingerprint density at radius 1 is 1.54 bits per heavy atom. The van der Waals surface area contributed by atoms with Crippen molar-refractivity contribution in [2.45, 2.75) is 20.0 Å². The van der Waals surface area contributed by atoms with E-state index in [1.54, 1.807) is 0 Å². The quantitative estimate of drug-likeness (QED) is 0.675. The summed E-state index contributed by atoms with van der Waals surface area (Å²) in [7, 11) is 0. The third-order valence-electron chi connectivity index (χ3n) is 2.03. The maximum Gasteiger partial charge on any atom is 0.163 e. The summed E-state index contributed by atoms with van der Waals surface area (Å²) in [5.74, 6) is 0.700. The predicted octanol–water partition coefficient (Wildman–Crippen LogP) is 1.45. The van der Waals surface area contributed by atoms with Gasteiger partial charge < -0.3 is 14.6 Å². The monoisotopic (exact) mass is 184 g/mol. The molecular weight excluding hydrogens is 168 g/mol. The summed E-state index contributed by atoms with van der Waals surface area (Å²) < 4.78 is 10.3. The van der Waals surface area contributed by atoms with Gasteiger partial charge in [0.1, 0.15) is 25.6 Å². The zero-order valence-electron chi connectivity index (χ0n) is 8.12. The molecule has 0 aliphatic carbocycles. The van der Waals surface area contributed by atoms with Crippen LogP contribution in [0.15, 0.2) is 24.2 Å². The van der Waals surface area contributed by atoms with Gasteiger partial charge in [0, 0.05) is 0 Å². The second kappa shape index (κ2) is 4.33. The van der Waals surface area contributed by atoms with E-state index in [4.69, 9.17) is 9.47 Å². The summed E-state index contributed by atoms with van der Waals surface area (Å²) in [6.45, 7) is 8.81. The normalized spacial score (nSPS) is 18.6. The van der Waals surface area contributed by atoms with Crippen molar-refractivity contribution in [2.75, 3.05) is 13.2 Å². The lowest BCUT2D eigenvalue weighted by molar-refractivity contribution is 0.0433. The first kappa shape index (κ1) is 10.1. The van der Waals surface area contributed by atoms with Crippen LogP contribution in [0.3, 0.4) is 0 Å². The van der Waals surface area contributed by atoms with E-state index >= 15 is 0 Å². The molecule has 0 spiro atoms. The highest BCUT2D eigenvalue weighted by molar-refractivity contribution is 5.17. The zero-order chi connectivity index (χ0) is 9.84. The third kappa shape index (κ3) is 2.49. The van der Waals surface area contributed by atoms with Gasteiger partial charge in [0.25, 0.3) is 0 Å². The molecule has 0 radical (unpaired) electrons. The van der Waals surface area contributed by atoms with Crippen molar-refractivity contribution < 1.29 is 14.6 Å². The highest BCUT2D eigenvalue weighted by Gasteiger charge is 2.20. The van der Waals surface area contributed by atoms with E-state index in [1.165, 1.54) is 6.26 Å². The minimum Gasteiger partial charge on any atom is -0.494 e. The summed E-state index contributed by atoms with van der Waals surface area (Å²) >= 11 is 0. The number of ether oxygens (including phenoxy) is 2. The first-order valence-electron chi connectivity index (χ1n) is 4.44. The van der Waals surface area contributed by atoms with Crippen LogP contribution in [0.5, 0.6) is 0 Å². The van der Waals surface area contributed by atoms with Crippen molar-refractivity contribution in [3.63, 3.8) is 0 Å². The molecule has 0 aromatic rings. The summed E-state index contributed by atoms with van der Waals surface area (Å²) in [6.07, 6.45) is 0.724.